The van der Waals surface area contributed by atoms with Crippen molar-refractivity contribution in [2.24, 2.45) is 0 Å². The predicted octanol–water partition coefficient (Wildman–Crippen LogP) is 2.47. The quantitative estimate of drug-likeness (QED) is 0.674. The summed E-state index contributed by atoms with van der Waals surface area (Å²) in [5.74, 6) is -0.228. The Kier molecular flexibility index (Phi) is 6.89. The van der Waals surface area contributed by atoms with Crippen LogP contribution in [0.1, 0.15) is 48.7 Å². The van der Waals surface area contributed by atoms with Gasteiger partial charge < -0.3 is 10.2 Å². The number of benzene rings is 2. The minimum atomic E-state index is -3.62. The second-order valence-electron chi connectivity index (χ2n) is 7.68. The van der Waals surface area contributed by atoms with E-state index in [0.717, 1.165) is 12.0 Å². The highest BCUT2D eigenvalue weighted by Crippen LogP contribution is 2.19. The van der Waals surface area contributed by atoms with Gasteiger partial charge in [0.25, 0.3) is 5.91 Å². The van der Waals surface area contributed by atoms with Crippen LogP contribution in [-0.4, -0.2) is 44.3 Å². The highest BCUT2D eigenvalue weighted by atomic mass is 32.2. The van der Waals surface area contributed by atoms with Gasteiger partial charge in [-0.3, -0.25) is 9.59 Å². The predicted molar refractivity (Wildman–Crippen MR) is 114 cm³/mol. The third kappa shape index (κ3) is 5.46. The summed E-state index contributed by atoms with van der Waals surface area (Å²) in [6, 6.07) is 14.8. The fourth-order valence-corrected chi connectivity index (χ4v) is 4.69. The first-order valence-electron chi connectivity index (χ1n) is 10.0. The molecule has 2 aromatic carbocycles. The Morgan fingerprint density at radius 1 is 1.07 bits per heavy atom. The summed E-state index contributed by atoms with van der Waals surface area (Å²) in [5, 5.41) is 2.99. The molecule has 3 rings (SSSR count). The second-order valence-corrected chi connectivity index (χ2v) is 9.39. The van der Waals surface area contributed by atoms with E-state index in [9.17, 15) is 18.0 Å². The lowest BCUT2D eigenvalue weighted by Gasteiger charge is -2.25. The highest BCUT2D eigenvalue weighted by Gasteiger charge is 2.25. The van der Waals surface area contributed by atoms with Gasteiger partial charge in [-0.1, -0.05) is 30.3 Å². The number of nitrogens with zero attached hydrogens (tertiary/aromatic N) is 1. The number of rotatable bonds is 8. The molecule has 0 bridgehead atoms. The van der Waals surface area contributed by atoms with Crippen LogP contribution in [0.2, 0.25) is 0 Å². The van der Waals surface area contributed by atoms with E-state index in [-0.39, 0.29) is 28.8 Å². The molecule has 0 aliphatic carbocycles. The van der Waals surface area contributed by atoms with Crippen molar-refractivity contribution in [2.45, 2.75) is 43.7 Å². The van der Waals surface area contributed by atoms with E-state index in [1.165, 1.54) is 24.3 Å². The van der Waals surface area contributed by atoms with Crippen molar-refractivity contribution in [1.82, 2.24) is 14.9 Å². The van der Waals surface area contributed by atoms with Gasteiger partial charge in [-0.05, 0) is 50.1 Å². The van der Waals surface area contributed by atoms with Crippen molar-refractivity contribution in [2.75, 3.05) is 13.1 Å². The first-order chi connectivity index (χ1) is 14.3. The van der Waals surface area contributed by atoms with E-state index in [1.54, 1.807) is 18.7 Å². The zero-order chi connectivity index (χ0) is 21.7. The molecule has 2 aromatic rings. The molecule has 2 amide bonds. The summed E-state index contributed by atoms with van der Waals surface area (Å²) >= 11 is 0. The molecule has 160 valence electrons. The van der Waals surface area contributed by atoms with Crippen molar-refractivity contribution in [3.63, 3.8) is 0 Å². The van der Waals surface area contributed by atoms with Gasteiger partial charge in [0, 0.05) is 31.1 Å². The maximum atomic E-state index is 12.8. The summed E-state index contributed by atoms with van der Waals surface area (Å²) < 4.78 is 27.0. The Balaban J connectivity index is 1.76. The van der Waals surface area contributed by atoms with Gasteiger partial charge in [0.2, 0.25) is 15.9 Å². The minimum absolute atomic E-state index is 0.0948. The number of carbonyl (C=O) groups is 2. The summed E-state index contributed by atoms with van der Waals surface area (Å²) in [6.07, 6.45) is 1.37. The normalized spacial score (nSPS) is 15.4. The summed E-state index contributed by atoms with van der Waals surface area (Å²) in [4.78, 5) is 26.8. The maximum Gasteiger partial charge on any atom is 0.251 e. The fraction of sp³-hybridized carbons (Fsp3) is 0.364. The molecular formula is C22H27N3O4S. The van der Waals surface area contributed by atoms with Crippen LogP contribution < -0.4 is 10.0 Å². The van der Waals surface area contributed by atoms with Crippen LogP contribution in [0.3, 0.4) is 0 Å². The number of likely N-dealkylation sites (tertiary alicyclic amines) is 1. The number of carbonyl (C=O) groups excluding carboxylic acids is 2. The van der Waals surface area contributed by atoms with Gasteiger partial charge in [0.05, 0.1) is 10.9 Å². The van der Waals surface area contributed by atoms with E-state index < -0.39 is 10.0 Å². The Morgan fingerprint density at radius 3 is 2.30 bits per heavy atom. The third-order valence-electron chi connectivity index (χ3n) is 4.90. The van der Waals surface area contributed by atoms with Crippen LogP contribution in [0.4, 0.5) is 0 Å². The van der Waals surface area contributed by atoms with E-state index in [2.05, 4.69) is 10.0 Å². The molecule has 0 aromatic heterocycles. The molecule has 0 saturated carbocycles. The zero-order valence-corrected chi connectivity index (χ0v) is 18.0. The van der Waals surface area contributed by atoms with Crippen LogP contribution in [0, 0.1) is 0 Å². The molecule has 1 aliphatic rings. The third-order valence-corrected chi connectivity index (χ3v) is 6.57. The molecule has 0 spiro atoms. The molecule has 1 atom stereocenters. The summed E-state index contributed by atoms with van der Waals surface area (Å²) in [5.41, 5.74) is 1.26. The lowest BCUT2D eigenvalue weighted by Crippen LogP contribution is -2.38. The van der Waals surface area contributed by atoms with Crippen molar-refractivity contribution >= 4 is 21.8 Å². The van der Waals surface area contributed by atoms with E-state index in [0.29, 0.717) is 25.1 Å². The van der Waals surface area contributed by atoms with Gasteiger partial charge in [0.15, 0.2) is 0 Å². The molecule has 1 aliphatic heterocycles. The van der Waals surface area contributed by atoms with Gasteiger partial charge >= 0.3 is 0 Å². The number of amides is 2. The van der Waals surface area contributed by atoms with Crippen molar-refractivity contribution in [1.29, 1.82) is 0 Å². The Labute approximate surface area is 177 Å². The molecular weight excluding hydrogens is 402 g/mol. The van der Waals surface area contributed by atoms with Gasteiger partial charge in [0.1, 0.15) is 0 Å². The molecule has 1 fully saturated rings. The largest absolute Gasteiger partial charge is 0.343 e. The Hall–Kier alpha value is -2.71. The second kappa shape index (κ2) is 9.40. The van der Waals surface area contributed by atoms with Crippen LogP contribution in [0.5, 0.6) is 0 Å². The van der Waals surface area contributed by atoms with Gasteiger partial charge in [-0.15, -0.1) is 0 Å². The standard InChI is InChI=1S/C22H27N3O4S/c1-16(2)24-30(28,29)19-12-10-18(11-13-19)22(27)23-20(17-7-4-3-5-8-17)15-25-14-6-9-21(25)26/h3-5,7-8,10-13,16,20,24H,6,9,14-15H2,1-2H3,(H,23,27). The highest BCUT2D eigenvalue weighted by molar-refractivity contribution is 7.89. The van der Waals surface area contributed by atoms with Gasteiger partial charge in [-0.25, -0.2) is 13.1 Å². The minimum Gasteiger partial charge on any atom is -0.343 e. The van der Waals surface area contributed by atoms with Crippen molar-refractivity contribution < 1.29 is 18.0 Å². The molecule has 30 heavy (non-hydrogen) atoms. The van der Waals surface area contributed by atoms with Crippen LogP contribution in [0.25, 0.3) is 0 Å². The lowest BCUT2D eigenvalue weighted by atomic mass is 10.1. The van der Waals surface area contributed by atoms with E-state index >= 15 is 0 Å². The smallest absolute Gasteiger partial charge is 0.251 e. The molecule has 1 unspecified atom stereocenters. The molecule has 7 nitrogen and oxygen atoms in total. The maximum absolute atomic E-state index is 12.8. The van der Waals surface area contributed by atoms with Crippen LogP contribution in [0.15, 0.2) is 59.5 Å². The molecule has 1 saturated heterocycles. The van der Waals surface area contributed by atoms with E-state index in [4.69, 9.17) is 0 Å². The Bertz CT molecular complexity index is 989. The van der Waals surface area contributed by atoms with E-state index in [1.807, 2.05) is 30.3 Å². The van der Waals surface area contributed by atoms with Crippen LogP contribution >= 0.6 is 0 Å². The zero-order valence-electron chi connectivity index (χ0n) is 17.2. The molecule has 8 heteroatoms. The molecule has 1 heterocycles. The summed E-state index contributed by atoms with van der Waals surface area (Å²) in [7, 11) is -3.62. The van der Waals surface area contributed by atoms with Crippen molar-refractivity contribution in [3.05, 3.63) is 65.7 Å². The lowest BCUT2D eigenvalue weighted by molar-refractivity contribution is -0.128. The first-order valence-corrected chi connectivity index (χ1v) is 11.5. The molecule has 2 N–H and O–H groups in total. The number of sulfonamides is 1. The SMILES string of the molecule is CC(C)NS(=O)(=O)c1ccc(C(=O)NC(CN2CCCC2=O)c2ccccc2)cc1. The average Bonchev–Trinajstić information content (AvgIpc) is 3.12. The first kappa shape index (κ1) is 22.0. The monoisotopic (exact) mass is 429 g/mol. The average molecular weight is 430 g/mol. The number of hydrogen-bond donors (Lipinski definition) is 2. The number of nitrogens with one attached hydrogen (secondary N) is 2. The van der Waals surface area contributed by atoms with Gasteiger partial charge in [-0.2, -0.15) is 0 Å². The molecule has 0 radical (unpaired) electrons. The van der Waals surface area contributed by atoms with Crippen molar-refractivity contribution in [3.8, 4) is 0 Å². The summed E-state index contributed by atoms with van der Waals surface area (Å²) in [6.45, 7) is 4.58. The Morgan fingerprint density at radius 2 is 1.73 bits per heavy atom. The fourth-order valence-electron chi connectivity index (χ4n) is 3.44. The number of hydrogen-bond acceptors (Lipinski definition) is 4. The topological polar surface area (TPSA) is 95.6 Å². The van der Waals surface area contributed by atoms with Crippen LogP contribution in [-0.2, 0) is 14.8 Å².